The van der Waals surface area contributed by atoms with Crippen molar-refractivity contribution >= 4 is 46.4 Å². The van der Waals surface area contributed by atoms with E-state index in [9.17, 15) is 59.6 Å². The van der Waals surface area contributed by atoms with Crippen LogP contribution in [0.15, 0.2) is 60.7 Å². The van der Waals surface area contributed by atoms with Crippen LogP contribution in [0.5, 0.6) is 11.5 Å². The zero-order chi connectivity index (χ0) is 47.6. The number of ketones is 1. The van der Waals surface area contributed by atoms with Gasteiger partial charge >= 0.3 is 11.9 Å². The van der Waals surface area contributed by atoms with E-state index in [0.717, 1.165) is 24.3 Å². The van der Waals surface area contributed by atoms with Gasteiger partial charge < -0.3 is 47.5 Å². The number of methoxy groups -OCH3 is 3. The fourth-order valence-electron chi connectivity index (χ4n) is 8.01. The third-order valence-electron chi connectivity index (χ3n) is 11.2. The average molecular weight is 924 g/mol. The van der Waals surface area contributed by atoms with Crippen molar-refractivity contribution in [1.82, 2.24) is 4.90 Å². The first-order valence-corrected chi connectivity index (χ1v) is 19.6. The van der Waals surface area contributed by atoms with Crippen molar-refractivity contribution in [3.05, 3.63) is 123 Å². The van der Waals surface area contributed by atoms with Crippen LogP contribution in [0.4, 0.5) is 22.7 Å². The molecule has 1 unspecified atom stereocenters. The third-order valence-corrected chi connectivity index (χ3v) is 11.2. The number of fused-ring (bicyclic) bond motifs is 6. The number of hydrogen-bond acceptors (Lipinski definition) is 21. The number of nitro benzene ring substituents is 4. The highest BCUT2D eigenvalue weighted by atomic mass is 16.7. The Kier molecular flexibility index (Phi) is 13.6. The Morgan fingerprint density at radius 3 is 1.92 bits per heavy atom. The number of allylic oxidation sites excluding steroid dienone is 1. The molecule has 66 heavy (non-hydrogen) atoms. The molecule has 0 radical (unpaired) electrons. The first kappa shape index (κ1) is 46.5. The zero-order valence-electron chi connectivity index (χ0n) is 34.7. The largest absolute Gasteiger partial charge is 0.459 e. The van der Waals surface area contributed by atoms with Crippen LogP contribution in [-0.4, -0.2) is 132 Å². The van der Waals surface area contributed by atoms with Gasteiger partial charge in [-0.3, -0.25) is 50.0 Å². The zero-order valence-corrected chi connectivity index (χ0v) is 34.7. The second-order valence-electron chi connectivity index (χ2n) is 14.9. The molecule has 0 spiro atoms. The van der Waals surface area contributed by atoms with E-state index in [-0.39, 0.29) is 19.9 Å². The molecule has 0 N–H and O–H groups in total. The summed E-state index contributed by atoms with van der Waals surface area (Å²) in [5.41, 5.74) is -3.83. The van der Waals surface area contributed by atoms with Gasteiger partial charge in [0.2, 0.25) is 12.9 Å². The van der Waals surface area contributed by atoms with Gasteiger partial charge in [-0.2, -0.15) is 0 Å². The van der Waals surface area contributed by atoms with Gasteiger partial charge in [0.15, 0.2) is 17.8 Å². The molecule has 8 rings (SSSR count). The summed E-state index contributed by atoms with van der Waals surface area (Å²) in [6.07, 6.45) is -8.17. The fraction of sp³-hybridized carbons (Fsp3) is 0.400. The van der Waals surface area contributed by atoms with E-state index in [1.807, 2.05) is 0 Å². The molecule has 5 aliphatic heterocycles. The Morgan fingerprint density at radius 1 is 0.758 bits per heavy atom. The molecule has 3 aromatic carbocycles. The molecule has 0 saturated carbocycles. The maximum Gasteiger partial charge on any atom is 0.346 e. The van der Waals surface area contributed by atoms with E-state index in [2.05, 4.69) is 0 Å². The van der Waals surface area contributed by atoms with Crippen molar-refractivity contribution in [2.24, 2.45) is 0 Å². The second-order valence-corrected chi connectivity index (χ2v) is 14.9. The summed E-state index contributed by atoms with van der Waals surface area (Å²) in [7, 11) is 3.74. The summed E-state index contributed by atoms with van der Waals surface area (Å²) in [5.74, 6) is -4.65. The number of carbonyl (C=O) groups is 4. The van der Waals surface area contributed by atoms with Crippen molar-refractivity contribution in [3.8, 4) is 11.5 Å². The summed E-state index contributed by atoms with van der Waals surface area (Å²) < 4.78 is 52.1. The molecule has 348 valence electrons. The Morgan fingerprint density at radius 2 is 1.35 bits per heavy atom. The van der Waals surface area contributed by atoms with Gasteiger partial charge in [-0.1, -0.05) is 12.2 Å². The minimum Gasteiger partial charge on any atom is -0.459 e. The lowest BCUT2D eigenvalue weighted by atomic mass is 9.84. The maximum atomic E-state index is 14.9. The van der Waals surface area contributed by atoms with Gasteiger partial charge in [-0.25, -0.2) is 9.59 Å². The van der Waals surface area contributed by atoms with Gasteiger partial charge in [0, 0.05) is 53.0 Å². The maximum absolute atomic E-state index is 14.9. The first-order chi connectivity index (χ1) is 31.5. The predicted octanol–water partition coefficient (Wildman–Crippen LogP) is 3.24. The monoisotopic (exact) mass is 923 g/mol. The number of non-ortho nitro benzene ring substituents is 2. The molecule has 0 aromatic heterocycles. The number of hydrogen-bond donors (Lipinski definition) is 0. The lowest BCUT2D eigenvalue weighted by Gasteiger charge is -2.45. The topological polar surface area (TPSA) is 327 Å². The van der Waals surface area contributed by atoms with Crippen LogP contribution >= 0.6 is 0 Å². The Bertz CT molecular complexity index is 2530. The van der Waals surface area contributed by atoms with Crippen molar-refractivity contribution in [1.29, 1.82) is 0 Å². The predicted molar refractivity (Wildman–Crippen MR) is 214 cm³/mol. The summed E-state index contributed by atoms with van der Waals surface area (Å²) >= 11 is 0. The summed E-state index contributed by atoms with van der Waals surface area (Å²) in [4.78, 5) is 101. The van der Waals surface area contributed by atoms with E-state index >= 15 is 0 Å². The molecule has 1 saturated heterocycles. The molecule has 1 fully saturated rings. The van der Waals surface area contributed by atoms with Gasteiger partial charge in [0.25, 0.3) is 28.7 Å². The molecule has 8 atom stereocenters. The number of benzene rings is 3. The van der Waals surface area contributed by atoms with Crippen LogP contribution in [0.2, 0.25) is 0 Å². The SMILES string of the molecule is COC1[C@@H](OC)[C@H](O[C@@H]2CC(=O)[C@H]3C=CCN(Cc4cc5c(cc43)OCO5)C(=O)[C@H]2OC(=O)c2ccc([N+](=O)[O-])cc2[N+](=O)[O-])O[C@H](COC(=O)c2ccc([N+](=O)[O-])cc2[N+](=O)[O-])[C@H]1OC. The first-order valence-electron chi connectivity index (χ1n) is 19.6. The van der Waals surface area contributed by atoms with Crippen LogP contribution in [0.3, 0.4) is 0 Å². The molecule has 5 heterocycles. The number of rotatable bonds is 14. The molecular formula is C40H37N5O21. The number of carbonyl (C=O) groups excluding carboxylic acids is 4. The summed E-state index contributed by atoms with van der Waals surface area (Å²) in [6.45, 7) is -1.17. The number of Topliss-reactive ketones (excluding diaryl/α,β-unsaturated/α-hetero) is 1. The summed E-state index contributed by atoms with van der Waals surface area (Å²) in [6, 6.07) is 7.64. The second kappa shape index (κ2) is 19.3. The summed E-state index contributed by atoms with van der Waals surface area (Å²) in [5, 5.41) is 46.6. The Labute approximate surface area is 370 Å². The number of amides is 1. The molecule has 26 heteroatoms. The molecule has 1 amide bonds. The van der Waals surface area contributed by atoms with Crippen molar-refractivity contribution in [2.45, 2.75) is 61.8 Å². The van der Waals surface area contributed by atoms with E-state index in [1.54, 1.807) is 24.3 Å². The van der Waals surface area contributed by atoms with E-state index in [1.165, 1.54) is 26.2 Å². The number of ether oxygens (including phenoxy) is 9. The third kappa shape index (κ3) is 9.20. The highest BCUT2D eigenvalue weighted by molar-refractivity contribution is 5.97. The number of nitrogens with zero attached hydrogens (tertiary/aromatic N) is 5. The van der Waals surface area contributed by atoms with E-state index in [4.69, 9.17) is 42.6 Å². The Hall–Kier alpha value is -7.52. The van der Waals surface area contributed by atoms with Gasteiger partial charge in [0.05, 0.1) is 37.7 Å². The highest BCUT2D eigenvalue weighted by Crippen LogP contribution is 2.41. The van der Waals surface area contributed by atoms with Crippen LogP contribution in [0.1, 0.15) is 44.2 Å². The van der Waals surface area contributed by atoms with Gasteiger partial charge in [0.1, 0.15) is 54.0 Å². The van der Waals surface area contributed by atoms with Crippen molar-refractivity contribution < 1.29 is 81.5 Å². The molecule has 5 aliphatic rings. The average Bonchev–Trinajstić information content (AvgIpc) is 3.75. The number of esters is 2. The lowest BCUT2D eigenvalue weighted by molar-refractivity contribution is -0.394. The standard InChI is InChI=1S/C40H37N5O21/c1-58-33-32(17-61-38(48)23-8-6-20(42(50)51)12-26(23)44(54)55)65-40(36(60-3)35(33)59-2)64-31-15-28(46)22-5-4-10-41(16-19-11-29-30(14-25(19)22)63-18-62-29)37(47)34(31)66-39(49)24-9-7-21(43(52)53)13-27(24)45(56)57/h4-9,11-14,22,31-36,40H,10,15-18H2,1-3H3/t22-,31+,32+,33+,34-,35?,36+,40+/m0/s1. The van der Waals surface area contributed by atoms with Crippen molar-refractivity contribution in [2.75, 3.05) is 41.3 Å². The van der Waals surface area contributed by atoms with E-state index < -0.39 is 139 Å². The minimum absolute atomic E-state index is 0.107. The van der Waals surface area contributed by atoms with Crippen LogP contribution in [0.25, 0.3) is 0 Å². The molecule has 2 bridgehead atoms. The molecular weight excluding hydrogens is 886 g/mol. The van der Waals surface area contributed by atoms with Crippen molar-refractivity contribution in [3.63, 3.8) is 0 Å². The van der Waals surface area contributed by atoms with Crippen LogP contribution < -0.4 is 9.47 Å². The normalized spacial score (nSPS) is 24.5. The van der Waals surface area contributed by atoms with Crippen LogP contribution in [0, 0.1) is 40.5 Å². The minimum atomic E-state index is -2.10. The Balaban J connectivity index is 1.26. The van der Waals surface area contributed by atoms with Gasteiger partial charge in [-0.15, -0.1) is 0 Å². The van der Waals surface area contributed by atoms with E-state index in [0.29, 0.717) is 34.8 Å². The molecule has 3 aromatic rings. The smallest absolute Gasteiger partial charge is 0.346 e. The lowest BCUT2D eigenvalue weighted by Crippen LogP contribution is -2.62. The highest BCUT2D eigenvalue weighted by Gasteiger charge is 2.51. The fourth-order valence-corrected chi connectivity index (χ4v) is 8.01. The molecule has 0 aliphatic carbocycles. The molecule has 26 nitrogen and oxygen atoms in total. The number of nitro groups is 4. The quantitative estimate of drug-likeness (QED) is 0.0969. The van der Waals surface area contributed by atoms with Gasteiger partial charge in [-0.05, 0) is 35.4 Å². The van der Waals surface area contributed by atoms with Crippen LogP contribution in [-0.2, 0) is 49.3 Å².